The van der Waals surface area contributed by atoms with Gasteiger partial charge in [-0.1, -0.05) is 0 Å². The molecule has 0 aromatic carbocycles. The molecular weight excluding hydrogens is 172 g/mol. The maximum atomic E-state index is 2.41. The first-order valence-corrected chi connectivity index (χ1v) is 5.99. The van der Waals surface area contributed by atoms with Crippen LogP contribution in [0, 0.1) is 0 Å². The molecule has 2 nitrogen and oxygen atoms in total. The van der Waals surface area contributed by atoms with Crippen molar-refractivity contribution in [2.75, 3.05) is 41.3 Å². The van der Waals surface area contributed by atoms with E-state index in [4.69, 9.17) is 0 Å². The number of rotatable bonds is 0. The van der Waals surface area contributed by atoms with Gasteiger partial charge in [-0.15, -0.1) is 0 Å². The average Bonchev–Trinajstić information content (AvgIpc) is 2.78. The van der Waals surface area contributed by atoms with E-state index >= 15 is 0 Å². The summed E-state index contributed by atoms with van der Waals surface area (Å²) in [5.74, 6) is 0. The molecule has 0 N–H and O–H groups in total. The second-order valence-electron chi connectivity index (χ2n) is 7.13. The second-order valence-corrected chi connectivity index (χ2v) is 7.13. The van der Waals surface area contributed by atoms with Crippen LogP contribution in [0.5, 0.6) is 0 Å². The van der Waals surface area contributed by atoms with Gasteiger partial charge < -0.3 is 8.97 Å². The highest BCUT2D eigenvalue weighted by molar-refractivity contribution is 5.06. The lowest BCUT2D eigenvalue weighted by Gasteiger charge is -2.29. The third-order valence-corrected chi connectivity index (χ3v) is 5.85. The summed E-state index contributed by atoms with van der Waals surface area (Å²) in [6.45, 7) is 2.88. The van der Waals surface area contributed by atoms with Gasteiger partial charge in [0.1, 0.15) is 24.2 Å². The molecule has 0 unspecified atom stereocenters. The normalized spacial score (nSPS) is 52.3. The molecule has 2 heterocycles. The van der Waals surface area contributed by atoms with Crippen LogP contribution in [0.3, 0.4) is 0 Å². The van der Waals surface area contributed by atoms with Crippen LogP contribution < -0.4 is 0 Å². The lowest BCUT2D eigenvalue weighted by molar-refractivity contribution is -0.800. The predicted octanol–water partition coefficient (Wildman–Crippen LogP) is 1.22. The summed E-state index contributed by atoms with van der Waals surface area (Å²) in [5, 5.41) is 0. The number of nitrogens with zero attached hydrogens (tertiary/aromatic N) is 2. The number of quaternary nitrogens is 2. The fraction of sp³-hybridized carbons (Fsp3) is 1.00. The zero-order valence-corrected chi connectivity index (χ0v) is 10.1. The van der Waals surface area contributed by atoms with Crippen molar-refractivity contribution in [1.29, 1.82) is 0 Å². The molecule has 1 saturated carbocycles. The summed E-state index contributed by atoms with van der Waals surface area (Å²) < 4.78 is 2.60. The first kappa shape index (κ1) is 9.17. The zero-order valence-electron chi connectivity index (χ0n) is 10.1. The van der Waals surface area contributed by atoms with Crippen molar-refractivity contribution in [3.63, 3.8) is 0 Å². The van der Waals surface area contributed by atoms with Crippen LogP contribution in [0.4, 0.5) is 0 Å². The van der Waals surface area contributed by atoms with Crippen LogP contribution in [-0.2, 0) is 0 Å². The zero-order chi connectivity index (χ0) is 10.2. The Bertz CT molecular complexity index is 253. The first-order valence-electron chi connectivity index (χ1n) is 5.99. The molecule has 2 saturated heterocycles. The Balaban J connectivity index is 1.71. The number of hydrogen-bond donors (Lipinski definition) is 0. The van der Waals surface area contributed by atoms with Crippen LogP contribution in [0.2, 0.25) is 0 Å². The van der Waals surface area contributed by atoms with Gasteiger partial charge in [0.25, 0.3) is 0 Å². The molecule has 3 fully saturated rings. The Morgan fingerprint density at radius 1 is 0.643 bits per heavy atom. The van der Waals surface area contributed by atoms with E-state index in [9.17, 15) is 0 Å². The van der Waals surface area contributed by atoms with Gasteiger partial charge in [0.2, 0.25) is 0 Å². The van der Waals surface area contributed by atoms with E-state index in [0.29, 0.717) is 11.1 Å². The fourth-order valence-electron chi connectivity index (χ4n) is 4.11. The van der Waals surface area contributed by atoms with Crippen LogP contribution in [0.1, 0.15) is 25.7 Å². The van der Waals surface area contributed by atoms with Gasteiger partial charge >= 0.3 is 0 Å². The molecule has 0 amide bonds. The van der Waals surface area contributed by atoms with Gasteiger partial charge in [0.05, 0.1) is 28.2 Å². The second kappa shape index (κ2) is 2.05. The largest absolute Gasteiger partial charge is 0.314 e. The minimum absolute atomic E-state index is 0.716. The topological polar surface area (TPSA) is 0 Å². The van der Waals surface area contributed by atoms with Crippen molar-refractivity contribution in [3.8, 4) is 0 Å². The third-order valence-electron chi connectivity index (χ3n) is 5.85. The van der Waals surface area contributed by atoms with Gasteiger partial charge in [0, 0.05) is 25.7 Å². The van der Waals surface area contributed by atoms with Crippen LogP contribution in [0.15, 0.2) is 0 Å². The Labute approximate surface area is 87.7 Å². The van der Waals surface area contributed by atoms with E-state index < -0.39 is 0 Å². The molecule has 0 aromatic heterocycles. The summed E-state index contributed by atoms with van der Waals surface area (Å²) in [6, 6.07) is 0. The average molecular weight is 196 g/mol. The summed E-state index contributed by atoms with van der Waals surface area (Å²) in [5.41, 5.74) is 1.43. The Hall–Kier alpha value is -0.0800. The number of likely N-dealkylation sites (N-methyl/N-ethyl adjacent to an activating group) is 2. The standard InChI is InChI=1S/C12H24N2/c1-13(2)9-11(13)5-7-12(8-6-11)10-14(12,3)4/h5-10H2,1-4H3/q+2. The quantitative estimate of drug-likeness (QED) is 0.404. The molecule has 0 bridgehead atoms. The molecule has 2 spiro atoms. The van der Waals surface area contributed by atoms with Gasteiger partial charge in [-0.05, 0) is 0 Å². The molecule has 2 aliphatic heterocycles. The van der Waals surface area contributed by atoms with Gasteiger partial charge in [0.15, 0.2) is 0 Å². The molecule has 0 aromatic rings. The number of hydrogen-bond acceptors (Lipinski definition) is 0. The van der Waals surface area contributed by atoms with Gasteiger partial charge in [-0.3, -0.25) is 0 Å². The van der Waals surface area contributed by atoms with Gasteiger partial charge in [-0.2, -0.15) is 0 Å². The van der Waals surface area contributed by atoms with Crippen molar-refractivity contribution in [2.24, 2.45) is 0 Å². The molecule has 3 aliphatic rings. The third kappa shape index (κ3) is 0.892. The lowest BCUT2D eigenvalue weighted by Crippen LogP contribution is -2.39. The Kier molecular flexibility index (Phi) is 1.34. The highest BCUT2D eigenvalue weighted by Gasteiger charge is 2.73. The minimum atomic E-state index is 0.716. The van der Waals surface area contributed by atoms with E-state index in [-0.39, 0.29) is 0 Å². The Morgan fingerprint density at radius 3 is 1.00 bits per heavy atom. The Morgan fingerprint density at radius 2 is 0.857 bits per heavy atom. The molecule has 14 heavy (non-hydrogen) atoms. The van der Waals surface area contributed by atoms with Crippen molar-refractivity contribution in [3.05, 3.63) is 0 Å². The smallest absolute Gasteiger partial charge is 0.149 e. The molecule has 0 atom stereocenters. The van der Waals surface area contributed by atoms with Crippen LogP contribution in [-0.4, -0.2) is 61.3 Å². The van der Waals surface area contributed by atoms with E-state index in [0.717, 1.165) is 0 Å². The molecule has 3 rings (SSSR count). The predicted molar refractivity (Wildman–Crippen MR) is 57.9 cm³/mol. The highest BCUT2D eigenvalue weighted by Crippen LogP contribution is 2.58. The van der Waals surface area contributed by atoms with E-state index in [1.807, 2.05) is 0 Å². The molecule has 0 radical (unpaired) electrons. The summed E-state index contributed by atoms with van der Waals surface area (Å²) in [4.78, 5) is 0. The molecular formula is C12H24N2+2. The minimum Gasteiger partial charge on any atom is -0.314 e. The maximum Gasteiger partial charge on any atom is 0.149 e. The highest BCUT2D eigenvalue weighted by atomic mass is 15.5. The van der Waals surface area contributed by atoms with E-state index in [1.165, 1.54) is 47.7 Å². The maximum absolute atomic E-state index is 2.41. The fourth-order valence-corrected chi connectivity index (χ4v) is 4.11. The van der Waals surface area contributed by atoms with Crippen molar-refractivity contribution in [2.45, 2.75) is 36.8 Å². The van der Waals surface area contributed by atoms with Crippen molar-refractivity contribution < 1.29 is 8.97 Å². The van der Waals surface area contributed by atoms with E-state index in [1.54, 1.807) is 0 Å². The molecule has 2 heteroatoms. The van der Waals surface area contributed by atoms with E-state index in [2.05, 4.69) is 28.2 Å². The van der Waals surface area contributed by atoms with Crippen LogP contribution >= 0.6 is 0 Å². The summed E-state index contributed by atoms with van der Waals surface area (Å²) in [7, 11) is 9.63. The summed E-state index contributed by atoms with van der Waals surface area (Å²) in [6.07, 6.45) is 5.95. The lowest BCUT2D eigenvalue weighted by atomic mass is 9.80. The molecule has 80 valence electrons. The van der Waals surface area contributed by atoms with Crippen LogP contribution in [0.25, 0.3) is 0 Å². The van der Waals surface area contributed by atoms with Gasteiger partial charge in [-0.25, -0.2) is 0 Å². The molecule has 1 aliphatic carbocycles. The van der Waals surface area contributed by atoms with Crippen molar-refractivity contribution in [1.82, 2.24) is 0 Å². The summed E-state index contributed by atoms with van der Waals surface area (Å²) >= 11 is 0. The monoisotopic (exact) mass is 196 g/mol. The SMILES string of the molecule is C[N+]1(C)CC12CCC1(CC2)C[N+]1(C)C. The first-order chi connectivity index (χ1) is 6.33. The van der Waals surface area contributed by atoms with Crippen molar-refractivity contribution >= 4 is 0 Å².